The third-order valence-corrected chi connectivity index (χ3v) is 16.0. The van der Waals surface area contributed by atoms with Crippen LogP contribution in [0.5, 0.6) is 0 Å². The molecule has 0 aliphatic carbocycles. The molecule has 0 aliphatic heterocycles. The van der Waals surface area contributed by atoms with Gasteiger partial charge in [0, 0.05) is 5.40 Å². The molecule has 0 fully saturated rings. The van der Waals surface area contributed by atoms with Gasteiger partial charge in [0.05, 0.1) is 0 Å². The van der Waals surface area contributed by atoms with E-state index in [1.54, 1.807) is 0 Å². The Morgan fingerprint density at radius 1 is 0.333 bits per heavy atom. The summed E-state index contributed by atoms with van der Waals surface area (Å²) in [6.45, 7) is 2.43. The Morgan fingerprint density at radius 3 is 0.844 bits per heavy atom. The van der Waals surface area contributed by atoms with Gasteiger partial charge >= 0.3 is 0 Å². The molecule has 0 saturated heterocycles. The van der Waals surface area contributed by atoms with Crippen molar-refractivity contribution in [3.05, 3.63) is 170 Å². The smallest absolute Gasteiger partial charge is 0.0153 e. The van der Waals surface area contributed by atoms with Crippen LogP contribution in [0.4, 0.5) is 0 Å². The molecule has 0 saturated carbocycles. The Morgan fingerprint density at radius 2 is 0.578 bits per heavy atom. The van der Waals surface area contributed by atoms with E-state index >= 15 is 0 Å². The van der Waals surface area contributed by atoms with Crippen molar-refractivity contribution in [2.75, 3.05) is 0 Å². The predicted octanol–water partition coefficient (Wildman–Crippen LogP) is 10.6. The lowest BCUT2D eigenvalue weighted by Crippen LogP contribution is -2.28. The molecule has 8 aromatic carbocycles. The SMILES string of the molecule is CCC(P(c1cccc2ccccc12)c1cccc2ccccc12)P(c1cccc2ccccc12)c1cccc2ccccc12. The molecule has 0 bridgehead atoms. The van der Waals surface area contributed by atoms with Gasteiger partial charge in [0.2, 0.25) is 0 Å². The summed E-state index contributed by atoms with van der Waals surface area (Å²) in [5, 5.41) is 17.1. The maximum atomic E-state index is 2.43. The first-order valence-electron chi connectivity index (χ1n) is 15.8. The highest BCUT2D eigenvalue weighted by Crippen LogP contribution is 2.60. The van der Waals surface area contributed by atoms with Gasteiger partial charge in [0.1, 0.15) is 0 Å². The van der Waals surface area contributed by atoms with E-state index in [9.17, 15) is 0 Å². The van der Waals surface area contributed by atoms with Crippen molar-refractivity contribution >= 4 is 80.2 Å². The minimum atomic E-state index is -0.783. The van der Waals surface area contributed by atoms with E-state index in [2.05, 4.69) is 177 Å². The second-order valence-electron chi connectivity index (χ2n) is 11.6. The van der Waals surface area contributed by atoms with Gasteiger partial charge in [-0.1, -0.05) is 177 Å². The molecule has 45 heavy (non-hydrogen) atoms. The van der Waals surface area contributed by atoms with Crippen molar-refractivity contribution in [1.82, 2.24) is 0 Å². The van der Waals surface area contributed by atoms with Crippen molar-refractivity contribution in [1.29, 1.82) is 0 Å². The van der Waals surface area contributed by atoms with Crippen LogP contribution in [-0.4, -0.2) is 5.40 Å². The van der Waals surface area contributed by atoms with E-state index in [-0.39, 0.29) is 0 Å². The van der Waals surface area contributed by atoms with Gasteiger partial charge in [-0.3, -0.25) is 0 Å². The third-order valence-electron chi connectivity index (χ3n) is 9.07. The van der Waals surface area contributed by atoms with E-state index in [0.29, 0.717) is 5.40 Å². The highest BCUT2D eigenvalue weighted by atomic mass is 31.2. The molecule has 0 N–H and O–H groups in total. The predicted molar refractivity (Wildman–Crippen MR) is 202 cm³/mol. The summed E-state index contributed by atoms with van der Waals surface area (Å²) >= 11 is 0. The van der Waals surface area contributed by atoms with Crippen LogP contribution in [0.15, 0.2) is 170 Å². The summed E-state index contributed by atoms with van der Waals surface area (Å²) in [6.07, 6.45) is 1.08. The Labute approximate surface area is 267 Å². The van der Waals surface area contributed by atoms with Crippen LogP contribution in [-0.2, 0) is 0 Å². The number of benzene rings is 8. The summed E-state index contributed by atoms with van der Waals surface area (Å²) < 4.78 is 0. The topological polar surface area (TPSA) is 0 Å². The Bertz CT molecular complexity index is 1960. The molecular weight excluding hydrogens is 578 g/mol. The molecule has 216 valence electrons. The van der Waals surface area contributed by atoms with Crippen LogP contribution >= 0.6 is 15.8 Å². The number of hydrogen-bond acceptors (Lipinski definition) is 0. The largest absolute Gasteiger partial charge is 0.0644 e. The molecule has 8 rings (SSSR count). The Balaban J connectivity index is 1.48. The van der Waals surface area contributed by atoms with E-state index in [0.717, 1.165) is 6.42 Å². The molecule has 0 spiro atoms. The van der Waals surface area contributed by atoms with Crippen molar-refractivity contribution < 1.29 is 0 Å². The molecule has 0 aromatic heterocycles. The van der Waals surface area contributed by atoms with Gasteiger partial charge in [0.15, 0.2) is 0 Å². The van der Waals surface area contributed by atoms with E-state index in [1.807, 2.05) is 0 Å². The second kappa shape index (κ2) is 12.2. The fourth-order valence-electron chi connectivity index (χ4n) is 7.06. The first-order valence-corrected chi connectivity index (χ1v) is 18.6. The number of fused-ring (bicyclic) bond motifs is 4. The fraction of sp³-hybridized carbons (Fsp3) is 0.0698. The van der Waals surface area contributed by atoms with E-state index in [4.69, 9.17) is 0 Å². The number of hydrogen-bond donors (Lipinski definition) is 0. The average Bonchev–Trinajstić information content (AvgIpc) is 3.11. The van der Waals surface area contributed by atoms with Crippen LogP contribution in [0.3, 0.4) is 0 Å². The zero-order valence-electron chi connectivity index (χ0n) is 25.3. The maximum Gasteiger partial charge on any atom is 0.0153 e. The zero-order chi connectivity index (χ0) is 30.2. The van der Waals surface area contributed by atoms with Crippen molar-refractivity contribution in [2.45, 2.75) is 18.7 Å². The summed E-state index contributed by atoms with van der Waals surface area (Å²) in [5.41, 5.74) is 0. The molecule has 0 heterocycles. The highest BCUT2D eigenvalue weighted by molar-refractivity contribution is 7.90. The molecular formula is C43H34P2. The summed E-state index contributed by atoms with van der Waals surface area (Å²) in [4.78, 5) is 0. The molecule has 0 amide bonds. The quantitative estimate of drug-likeness (QED) is 0.157. The van der Waals surface area contributed by atoms with Crippen LogP contribution in [0.2, 0.25) is 0 Å². The Kier molecular flexibility index (Phi) is 7.64. The normalized spacial score (nSPS) is 11.9. The van der Waals surface area contributed by atoms with Gasteiger partial charge in [-0.05, 0) is 86.6 Å². The minimum Gasteiger partial charge on any atom is -0.0644 e. The second-order valence-corrected chi connectivity index (χ2v) is 16.7. The fourth-order valence-corrected chi connectivity index (χ4v) is 14.8. The van der Waals surface area contributed by atoms with Crippen molar-refractivity contribution in [3.8, 4) is 0 Å². The van der Waals surface area contributed by atoms with Crippen molar-refractivity contribution in [3.63, 3.8) is 0 Å². The molecule has 8 aromatic rings. The highest BCUT2D eigenvalue weighted by Gasteiger charge is 2.35. The lowest BCUT2D eigenvalue weighted by atomic mass is 10.1. The molecule has 0 atom stereocenters. The minimum absolute atomic E-state index is 0.406. The maximum absolute atomic E-state index is 2.43. The van der Waals surface area contributed by atoms with Crippen molar-refractivity contribution in [2.24, 2.45) is 0 Å². The van der Waals surface area contributed by atoms with Gasteiger partial charge in [-0.2, -0.15) is 0 Å². The Hall–Kier alpha value is -4.34. The first kappa shape index (κ1) is 28.2. The van der Waals surface area contributed by atoms with Gasteiger partial charge in [-0.25, -0.2) is 0 Å². The van der Waals surface area contributed by atoms with E-state index in [1.165, 1.54) is 64.3 Å². The molecule has 0 unspecified atom stereocenters. The third kappa shape index (κ3) is 5.04. The lowest BCUT2D eigenvalue weighted by molar-refractivity contribution is 1.04. The van der Waals surface area contributed by atoms with Crippen LogP contribution in [0.1, 0.15) is 13.3 Å². The molecule has 0 nitrogen and oxygen atoms in total. The summed E-state index contributed by atoms with van der Waals surface area (Å²) in [5.74, 6) is 0. The number of rotatable bonds is 7. The first-order chi connectivity index (χ1) is 22.3. The van der Waals surface area contributed by atoms with Gasteiger partial charge in [-0.15, -0.1) is 0 Å². The van der Waals surface area contributed by atoms with Crippen LogP contribution < -0.4 is 21.2 Å². The zero-order valence-corrected chi connectivity index (χ0v) is 27.1. The van der Waals surface area contributed by atoms with Gasteiger partial charge < -0.3 is 0 Å². The van der Waals surface area contributed by atoms with E-state index < -0.39 is 15.8 Å². The van der Waals surface area contributed by atoms with Crippen LogP contribution in [0, 0.1) is 0 Å². The summed E-state index contributed by atoms with van der Waals surface area (Å²) in [7, 11) is -1.57. The molecule has 0 aliphatic rings. The average molecular weight is 613 g/mol. The lowest BCUT2D eigenvalue weighted by Gasteiger charge is -2.37. The molecule has 0 radical (unpaired) electrons. The monoisotopic (exact) mass is 612 g/mol. The summed E-state index contributed by atoms with van der Waals surface area (Å²) in [6, 6.07) is 63.9. The van der Waals surface area contributed by atoms with Crippen LogP contribution in [0.25, 0.3) is 43.1 Å². The van der Waals surface area contributed by atoms with Gasteiger partial charge in [0.25, 0.3) is 0 Å². The standard InChI is InChI=1S/C43H34P2/c1-2-43(44(39-27-11-19-31-15-3-7-23-35(31)39)40-28-12-20-32-16-4-8-24-36(32)40)45(41-29-13-21-33-17-5-9-25-37(33)41)42-30-14-22-34-18-6-10-26-38(34)42/h3-30,43H,2H2,1H3. The molecule has 2 heteroatoms.